The number of phosphoric acid groups is 1. The molecule has 0 bridgehead atoms. The molecule has 0 saturated heterocycles. The van der Waals surface area contributed by atoms with E-state index in [0.29, 0.717) is 6.42 Å². The van der Waals surface area contributed by atoms with Gasteiger partial charge in [0.25, 0.3) is 0 Å². The average molecular weight is 361 g/mol. The highest BCUT2D eigenvalue weighted by molar-refractivity contribution is 7.48. The number of aromatic nitrogens is 1. The second kappa shape index (κ2) is 8.30. The average Bonchev–Trinajstić information content (AvgIpc) is 2.86. The molecule has 1 rings (SSSR count). The summed E-state index contributed by atoms with van der Waals surface area (Å²) < 4.78 is 35.5. The molecule has 0 spiro atoms. The first-order chi connectivity index (χ1) is 10.9. The Hall–Kier alpha value is -1.14. The number of nitrogens with zero attached hydrogens (tertiary/aromatic N) is 1. The van der Waals surface area contributed by atoms with Crippen molar-refractivity contribution in [3.05, 3.63) is 24.5 Å². The number of phosphoric ester groups is 1. The third-order valence-electron chi connectivity index (χ3n) is 2.35. The van der Waals surface area contributed by atoms with Gasteiger partial charge in [0, 0.05) is 18.8 Å². The van der Waals surface area contributed by atoms with E-state index >= 15 is 0 Å². The van der Waals surface area contributed by atoms with E-state index in [0.717, 1.165) is 0 Å². The Morgan fingerprint density at radius 2 is 1.46 bits per heavy atom. The van der Waals surface area contributed by atoms with Gasteiger partial charge in [-0.2, -0.15) is 0 Å². The summed E-state index contributed by atoms with van der Waals surface area (Å²) in [7, 11) is -3.72. The van der Waals surface area contributed by atoms with E-state index < -0.39 is 25.1 Å². The largest absolute Gasteiger partial charge is 0.475 e. The summed E-state index contributed by atoms with van der Waals surface area (Å²) in [5.41, 5.74) is -1.36. The summed E-state index contributed by atoms with van der Waals surface area (Å²) >= 11 is 0. The van der Waals surface area contributed by atoms with E-state index in [2.05, 4.69) is 0 Å². The SMILES string of the molecule is CC(C)(C)OP(=O)(OCCCOC(=O)n1cccc1)OC(C)(C)C. The Balaban J connectivity index is 2.44. The van der Waals surface area contributed by atoms with Crippen molar-refractivity contribution in [3.63, 3.8) is 0 Å². The lowest BCUT2D eigenvalue weighted by molar-refractivity contribution is 0.00201. The number of carbonyl (C=O) groups excluding carboxylic acids is 1. The molecule has 0 aliphatic rings. The summed E-state index contributed by atoms with van der Waals surface area (Å²) in [6.07, 6.45) is 3.10. The molecule has 0 fully saturated rings. The Morgan fingerprint density at radius 1 is 0.958 bits per heavy atom. The lowest BCUT2D eigenvalue weighted by Gasteiger charge is -2.30. The molecule has 7 nitrogen and oxygen atoms in total. The first-order valence-electron chi connectivity index (χ1n) is 7.86. The fourth-order valence-electron chi connectivity index (χ4n) is 1.67. The van der Waals surface area contributed by atoms with E-state index in [1.54, 1.807) is 66.1 Å². The Labute approximate surface area is 143 Å². The molecule has 1 aromatic rings. The van der Waals surface area contributed by atoms with Gasteiger partial charge in [0.15, 0.2) is 0 Å². The fourth-order valence-corrected chi connectivity index (χ4v) is 3.50. The van der Waals surface area contributed by atoms with Crippen molar-refractivity contribution in [2.75, 3.05) is 13.2 Å². The van der Waals surface area contributed by atoms with Gasteiger partial charge in [0.1, 0.15) is 0 Å². The van der Waals surface area contributed by atoms with Crippen molar-refractivity contribution in [1.29, 1.82) is 0 Å². The molecule has 0 saturated carbocycles. The maximum absolute atomic E-state index is 12.7. The lowest BCUT2D eigenvalue weighted by Crippen LogP contribution is -2.25. The lowest BCUT2D eigenvalue weighted by atomic mass is 10.2. The predicted molar refractivity (Wildman–Crippen MR) is 91.0 cm³/mol. The van der Waals surface area contributed by atoms with Crippen LogP contribution in [0.4, 0.5) is 4.79 Å². The second-order valence-corrected chi connectivity index (χ2v) is 8.76. The van der Waals surface area contributed by atoms with Gasteiger partial charge in [-0.15, -0.1) is 0 Å². The Morgan fingerprint density at radius 3 is 1.92 bits per heavy atom. The van der Waals surface area contributed by atoms with Gasteiger partial charge in [-0.1, -0.05) is 0 Å². The van der Waals surface area contributed by atoms with Crippen LogP contribution in [0.3, 0.4) is 0 Å². The van der Waals surface area contributed by atoms with Crippen LogP contribution in [0.15, 0.2) is 24.5 Å². The number of hydrogen-bond donors (Lipinski definition) is 0. The molecular weight excluding hydrogens is 333 g/mol. The molecule has 0 atom stereocenters. The molecule has 24 heavy (non-hydrogen) atoms. The van der Waals surface area contributed by atoms with Gasteiger partial charge < -0.3 is 4.74 Å². The summed E-state index contributed by atoms with van der Waals surface area (Å²) in [4.78, 5) is 11.6. The van der Waals surface area contributed by atoms with Crippen LogP contribution in [0, 0.1) is 0 Å². The quantitative estimate of drug-likeness (QED) is 0.521. The molecule has 0 unspecified atom stereocenters. The third kappa shape index (κ3) is 8.64. The maximum Gasteiger partial charge on any atom is 0.475 e. The standard InChI is InChI=1S/C16H28NO6P/c1-15(2,3)22-24(19,23-16(4,5)6)21-13-9-12-20-14(18)17-10-7-8-11-17/h7-8,10-11H,9,12-13H2,1-6H3. The van der Waals surface area contributed by atoms with Gasteiger partial charge in [0.05, 0.1) is 24.4 Å². The molecule has 1 heterocycles. The van der Waals surface area contributed by atoms with Crippen LogP contribution in [0.1, 0.15) is 48.0 Å². The van der Waals surface area contributed by atoms with E-state index in [4.69, 9.17) is 18.3 Å². The zero-order chi connectivity index (χ0) is 18.4. The van der Waals surface area contributed by atoms with Crippen molar-refractivity contribution in [2.24, 2.45) is 0 Å². The van der Waals surface area contributed by atoms with Crippen LogP contribution >= 0.6 is 7.82 Å². The summed E-state index contributed by atoms with van der Waals surface area (Å²) in [5.74, 6) is 0. The predicted octanol–water partition coefficient (Wildman–Crippen LogP) is 4.62. The van der Waals surface area contributed by atoms with Gasteiger partial charge in [-0.25, -0.2) is 9.36 Å². The molecule has 138 valence electrons. The monoisotopic (exact) mass is 361 g/mol. The molecule has 0 aliphatic heterocycles. The van der Waals surface area contributed by atoms with Gasteiger partial charge >= 0.3 is 13.9 Å². The van der Waals surface area contributed by atoms with Crippen molar-refractivity contribution in [3.8, 4) is 0 Å². The molecule has 0 radical (unpaired) electrons. The van der Waals surface area contributed by atoms with Crippen LogP contribution < -0.4 is 0 Å². The normalized spacial score (nSPS) is 13.1. The molecule has 0 aromatic carbocycles. The van der Waals surface area contributed by atoms with E-state index in [1.807, 2.05) is 0 Å². The van der Waals surface area contributed by atoms with Crippen molar-refractivity contribution >= 4 is 13.9 Å². The summed E-state index contributed by atoms with van der Waals surface area (Å²) in [6, 6.07) is 3.46. The third-order valence-corrected chi connectivity index (χ3v) is 4.39. The first kappa shape index (κ1) is 20.9. The summed E-state index contributed by atoms with van der Waals surface area (Å²) in [5, 5.41) is 0. The number of carbonyl (C=O) groups is 1. The van der Waals surface area contributed by atoms with Crippen LogP contribution in [0.5, 0.6) is 0 Å². The van der Waals surface area contributed by atoms with E-state index in [1.165, 1.54) is 4.57 Å². The molecule has 0 amide bonds. The summed E-state index contributed by atoms with van der Waals surface area (Å²) in [6.45, 7) is 10.9. The van der Waals surface area contributed by atoms with Gasteiger partial charge in [-0.3, -0.25) is 18.1 Å². The number of hydrogen-bond acceptors (Lipinski definition) is 6. The smallest absolute Gasteiger partial charge is 0.449 e. The molecule has 1 aromatic heterocycles. The van der Waals surface area contributed by atoms with Crippen LogP contribution in [0.2, 0.25) is 0 Å². The number of ether oxygens (including phenoxy) is 1. The molecule has 0 aliphatic carbocycles. The van der Waals surface area contributed by atoms with Crippen molar-refractivity contribution in [1.82, 2.24) is 4.57 Å². The minimum atomic E-state index is -3.72. The zero-order valence-electron chi connectivity index (χ0n) is 15.3. The number of rotatable bonds is 7. The van der Waals surface area contributed by atoms with Crippen LogP contribution in [0.25, 0.3) is 0 Å². The van der Waals surface area contributed by atoms with Crippen molar-refractivity contribution in [2.45, 2.75) is 59.2 Å². The van der Waals surface area contributed by atoms with Gasteiger partial charge in [0.2, 0.25) is 0 Å². The Kier molecular flexibility index (Phi) is 7.23. The van der Waals surface area contributed by atoms with Crippen LogP contribution in [-0.4, -0.2) is 35.1 Å². The first-order valence-corrected chi connectivity index (χ1v) is 9.32. The zero-order valence-corrected chi connectivity index (χ0v) is 16.2. The Bertz CT molecular complexity index is 536. The van der Waals surface area contributed by atoms with E-state index in [-0.39, 0.29) is 13.2 Å². The molecule has 0 N–H and O–H groups in total. The minimum Gasteiger partial charge on any atom is -0.449 e. The van der Waals surface area contributed by atoms with Crippen LogP contribution in [-0.2, 0) is 22.9 Å². The molecular formula is C16H28NO6P. The topological polar surface area (TPSA) is 76.0 Å². The fraction of sp³-hybridized carbons (Fsp3) is 0.688. The van der Waals surface area contributed by atoms with Crippen molar-refractivity contribution < 1.29 is 27.7 Å². The second-order valence-electron chi connectivity index (χ2n) is 7.25. The maximum atomic E-state index is 12.7. The van der Waals surface area contributed by atoms with E-state index in [9.17, 15) is 9.36 Å². The molecule has 8 heteroatoms. The minimum absolute atomic E-state index is 0.0857. The van der Waals surface area contributed by atoms with Gasteiger partial charge in [-0.05, 0) is 53.7 Å². The highest BCUT2D eigenvalue weighted by Crippen LogP contribution is 2.55. The highest BCUT2D eigenvalue weighted by atomic mass is 31.2. The highest BCUT2D eigenvalue weighted by Gasteiger charge is 2.36.